The normalized spacial score (nSPS) is 16.1. The fourth-order valence-corrected chi connectivity index (χ4v) is 3.27. The molecule has 1 saturated heterocycles. The molecule has 0 radical (unpaired) electrons. The van der Waals surface area contributed by atoms with Gasteiger partial charge < -0.3 is 9.64 Å². The summed E-state index contributed by atoms with van der Waals surface area (Å²) in [5.74, 6) is 2.09. The van der Waals surface area contributed by atoms with Crippen LogP contribution in [0.2, 0.25) is 0 Å². The third-order valence-electron chi connectivity index (χ3n) is 4.60. The molecule has 0 saturated carbocycles. The van der Waals surface area contributed by atoms with E-state index >= 15 is 0 Å². The third-order valence-corrected chi connectivity index (χ3v) is 4.60. The first kappa shape index (κ1) is 16.6. The Labute approximate surface area is 143 Å². The van der Waals surface area contributed by atoms with E-state index in [2.05, 4.69) is 43.9 Å². The van der Waals surface area contributed by atoms with E-state index in [-0.39, 0.29) is 0 Å². The van der Waals surface area contributed by atoms with Crippen LogP contribution in [0, 0.1) is 5.92 Å². The highest BCUT2D eigenvalue weighted by Gasteiger charge is 2.22. The Morgan fingerprint density at radius 2 is 1.83 bits per heavy atom. The van der Waals surface area contributed by atoms with E-state index in [1.54, 1.807) is 19.5 Å². The van der Waals surface area contributed by atoms with Crippen molar-refractivity contribution in [3.63, 3.8) is 0 Å². The molecule has 6 heteroatoms. The zero-order chi connectivity index (χ0) is 16.8. The summed E-state index contributed by atoms with van der Waals surface area (Å²) in [4.78, 5) is 17.4. The van der Waals surface area contributed by atoms with Gasteiger partial charge in [-0.2, -0.15) is 0 Å². The smallest absolute Gasteiger partial charge is 0.257 e. The Balaban J connectivity index is 1.50. The molecule has 6 nitrogen and oxygen atoms in total. The molecule has 24 heavy (non-hydrogen) atoms. The summed E-state index contributed by atoms with van der Waals surface area (Å²) in [6.45, 7) is 4.28. The van der Waals surface area contributed by atoms with Crippen molar-refractivity contribution in [1.29, 1.82) is 0 Å². The Bertz CT molecular complexity index is 628. The SMILES string of the molecule is COc1nccnc1N(C)CC1CCN(Cc2ccncc2)CC1. The van der Waals surface area contributed by atoms with Gasteiger partial charge in [0.15, 0.2) is 5.82 Å². The average Bonchev–Trinajstić information content (AvgIpc) is 2.64. The Morgan fingerprint density at radius 3 is 2.54 bits per heavy atom. The van der Waals surface area contributed by atoms with Crippen molar-refractivity contribution in [2.45, 2.75) is 19.4 Å². The van der Waals surface area contributed by atoms with E-state index in [9.17, 15) is 0 Å². The van der Waals surface area contributed by atoms with Gasteiger partial charge in [-0.05, 0) is 49.5 Å². The molecule has 0 atom stereocenters. The number of nitrogens with zero attached hydrogens (tertiary/aromatic N) is 5. The topological polar surface area (TPSA) is 54.4 Å². The summed E-state index contributed by atoms with van der Waals surface area (Å²) in [6.07, 6.45) is 9.52. The maximum absolute atomic E-state index is 5.31. The number of methoxy groups -OCH3 is 1. The minimum atomic E-state index is 0.593. The quantitative estimate of drug-likeness (QED) is 0.811. The second kappa shape index (κ2) is 8.06. The molecule has 1 fully saturated rings. The first-order valence-electron chi connectivity index (χ1n) is 8.43. The van der Waals surface area contributed by atoms with Crippen LogP contribution in [0.25, 0.3) is 0 Å². The lowest BCUT2D eigenvalue weighted by atomic mass is 9.96. The van der Waals surface area contributed by atoms with Crippen LogP contribution in [-0.2, 0) is 6.54 Å². The molecule has 1 aliphatic heterocycles. The molecule has 0 N–H and O–H groups in total. The number of rotatable bonds is 6. The first-order valence-corrected chi connectivity index (χ1v) is 8.43. The molecule has 0 aromatic carbocycles. The zero-order valence-electron chi connectivity index (χ0n) is 14.4. The van der Waals surface area contributed by atoms with Gasteiger partial charge in [0.25, 0.3) is 5.88 Å². The maximum atomic E-state index is 5.31. The van der Waals surface area contributed by atoms with Gasteiger partial charge >= 0.3 is 0 Å². The predicted octanol–water partition coefficient (Wildman–Crippen LogP) is 2.23. The van der Waals surface area contributed by atoms with Crippen molar-refractivity contribution in [2.24, 2.45) is 5.92 Å². The third kappa shape index (κ3) is 4.20. The highest BCUT2D eigenvalue weighted by atomic mass is 16.5. The fourth-order valence-electron chi connectivity index (χ4n) is 3.27. The summed E-state index contributed by atoms with van der Waals surface area (Å²) in [5.41, 5.74) is 1.34. The fraction of sp³-hybridized carbons (Fsp3) is 0.500. The van der Waals surface area contributed by atoms with E-state index < -0.39 is 0 Å². The molecule has 0 unspecified atom stereocenters. The Hall–Kier alpha value is -2.21. The van der Waals surface area contributed by atoms with Crippen molar-refractivity contribution in [3.8, 4) is 5.88 Å². The molecule has 128 valence electrons. The van der Waals surface area contributed by atoms with Gasteiger partial charge in [-0.15, -0.1) is 0 Å². The minimum Gasteiger partial charge on any atom is -0.478 e. The van der Waals surface area contributed by atoms with Crippen LogP contribution in [0.1, 0.15) is 18.4 Å². The molecule has 1 aliphatic rings. The Morgan fingerprint density at radius 1 is 1.12 bits per heavy atom. The van der Waals surface area contributed by atoms with Crippen molar-refractivity contribution in [3.05, 3.63) is 42.5 Å². The van der Waals surface area contributed by atoms with Crippen LogP contribution in [0.5, 0.6) is 5.88 Å². The number of hydrogen-bond acceptors (Lipinski definition) is 6. The Kier molecular flexibility index (Phi) is 5.59. The molecular formula is C18H25N5O. The molecular weight excluding hydrogens is 302 g/mol. The van der Waals surface area contributed by atoms with E-state index in [1.165, 1.54) is 18.4 Å². The lowest BCUT2D eigenvalue weighted by molar-refractivity contribution is 0.179. The average molecular weight is 327 g/mol. The van der Waals surface area contributed by atoms with E-state index in [0.29, 0.717) is 11.8 Å². The molecule has 3 rings (SSSR count). The number of pyridine rings is 1. The van der Waals surface area contributed by atoms with Crippen LogP contribution in [0.15, 0.2) is 36.9 Å². The number of ether oxygens (including phenoxy) is 1. The molecule has 3 heterocycles. The van der Waals surface area contributed by atoms with Crippen molar-refractivity contribution < 1.29 is 4.74 Å². The number of anilines is 1. The van der Waals surface area contributed by atoms with Gasteiger partial charge in [-0.3, -0.25) is 9.88 Å². The lowest BCUT2D eigenvalue weighted by Crippen LogP contribution is -2.37. The van der Waals surface area contributed by atoms with E-state index in [0.717, 1.165) is 32.0 Å². The number of hydrogen-bond donors (Lipinski definition) is 0. The van der Waals surface area contributed by atoms with Crippen LogP contribution in [0.4, 0.5) is 5.82 Å². The number of likely N-dealkylation sites (tertiary alicyclic amines) is 1. The largest absolute Gasteiger partial charge is 0.478 e. The first-order chi connectivity index (χ1) is 11.8. The molecule has 2 aromatic heterocycles. The van der Waals surface area contributed by atoms with Crippen molar-refractivity contribution in [1.82, 2.24) is 19.9 Å². The van der Waals surface area contributed by atoms with Crippen LogP contribution in [-0.4, -0.2) is 53.6 Å². The molecule has 0 spiro atoms. The van der Waals surface area contributed by atoms with Gasteiger partial charge in [0.1, 0.15) is 0 Å². The second-order valence-electron chi connectivity index (χ2n) is 6.34. The van der Waals surface area contributed by atoms with Gasteiger partial charge in [-0.25, -0.2) is 9.97 Å². The molecule has 0 amide bonds. The predicted molar refractivity (Wildman–Crippen MR) is 94.1 cm³/mol. The summed E-state index contributed by atoms with van der Waals surface area (Å²) in [6, 6.07) is 4.19. The van der Waals surface area contributed by atoms with Gasteiger partial charge in [0.05, 0.1) is 7.11 Å². The van der Waals surface area contributed by atoms with Gasteiger partial charge in [0, 0.05) is 44.9 Å². The lowest BCUT2D eigenvalue weighted by Gasteiger charge is -2.34. The summed E-state index contributed by atoms with van der Waals surface area (Å²) >= 11 is 0. The monoisotopic (exact) mass is 327 g/mol. The molecule has 2 aromatic rings. The van der Waals surface area contributed by atoms with Crippen molar-refractivity contribution in [2.75, 3.05) is 38.7 Å². The minimum absolute atomic E-state index is 0.593. The standard InChI is InChI=1S/C18H25N5O/c1-22(17-18(24-2)21-10-9-20-17)13-16-5-11-23(12-6-16)14-15-3-7-19-8-4-15/h3-4,7-10,16H,5-6,11-14H2,1-2H3. The van der Waals surface area contributed by atoms with Crippen LogP contribution >= 0.6 is 0 Å². The summed E-state index contributed by atoms with van der Waals surface area (Å²) in [5, 5.41) is 0. The molecule has 0 aliphatic carbocycles. The molecule has 0 bridgehead atoms. The highest BCUT2D eigenvalue weighted by Crippen LogP contribution is 2.25. The number of piperidine rings is 1. The second-order valence-corrected chi connectivity index (χ2v) is 6.34. The summed E-state index contributed by atoms with van der Waals surface area (Å²) < 4.78 is 5.31. The highest BCUT2D eigenvalue weighted by molar-refractivity contribution is 5.46. The zero-order valence-corrected chi connectivity index (χ0v) is 14.4. The van der Waals surface area contributed by atoms with E-state index in [1.807, 2.05) is 12.4 Å². The van der Waals surface area contributed by atoms with Crippen molar-refractivity contribution >= 4 is 5.82 Å². The summed E-state index contributed by atoms with van der Waals surface area (Å²) in [7, 11) is 3.70. The van der Waals surface area contributed by atoms with Gasteiger partial charge in [-0.1, -0.05) is 0 Å². The number of aromatic nitrogens is 3. The van der Waals surface area contributed by atoms with Crippen LogP contribution < -0.4 is 9.64 Å². The maximum Gasteiger partial charge on any atom is 0.257 e. The van der Waals surface area contributed by atoms with Gasteiger partial charge in [0.2, 0.25) is 0 Å². The van der Waals surface area contributed by atoms with E-state index in [4.69, 9.17) is 4.74 Å². The van der Waals surface area contributed by atoms with Crippen LogP contribution in [0.3, 0.4) is 0 Å².